The van der Waals surface area contributed by atoms with Gasteiger partial charge in [-0.25, -0.2) is 13.6 Å². The molecule has 0 saturated heterocycles. The van der Waals surface area contributed by atoms with Crippen LogP contribution in [-0.4, -0.2) is 8.42 Å². The molecule has 5 heteroatoms. The van der Waals surface area contributed by atoms with Gasteiger partial charge in [0.2, 0.25) is 10.0 Å². The standard InChI is InChI=1S/C16H18N2O2S/c17-21(19,20)16-11-4-3-9-15(16)18-14-10-5-7-12-6-1-2-8-13(12)14/h1-4,6,8-9,11,14,18H,5,7,10H2,(H2,17,19,20). The van der Waals surface area contributed by atoms with Gasteiger partial charge in [0.05, 0.1) is 11.7 Å². The third-order valence-corrected chi connectivity index (χ3v) is 4.86. The van der Waals surface area contributed by atoms with Gasteiger partial charge in [0.25, 0.3) is 0 Å². The van der Waals surface area contributed by atoms with E-state index in [0.717, 1.165) is 19.3 Å². The molecule has 4 nitrogen and oxygen atoms in total. The van der Waals surface area contributed by atoms with E-state index < -0.39 is 10.0 Å². The first-order valence-electron chi connectivity index (χ1n) is 7.02. The number of hydrogen-bond acceptors (Lipinski definition) is 3. The Bertz CT molecular complexity index is 756. The molecule has 0 radical (unpaired) electrons. The van der Waals surface area contributed by atoms with Crippen LogP contribution in [0.25, 0.3) is 0 Å². The summed E-state index contributed by atoms with van der Waals surface area (Å²) >= 11 is 0. The minimum Gasteiger partial charge on any atom is -0.377 e. The minimum absolute atomic E-state index is 0.123. The van der Waals surface area contributed by atoms with Crippen LogP contribution in [0.1, 0.15) is 30.0 Å². The fourth-order valence-electron chi connectivity index (χ4n) is 2.93. The highest BCUT2D eigenvalue weighted by Crippen LogP contribution is 2.33. The Hall–Kier alpha value is -1.85. The Balaban J connectivity index is 1.96. The van der Waals surface area contributed by atoms with Crippen LogP contribution in [0.3, 0.4) is 0 Å². The van der Waals surface area contributed by atoms with Gasteiger partial charge >= 0.3 is 0 Å². The van der Waals surface area contributed by atoms with Crippen LogP contribution in [0.4, 0.5) is 5.69 Å². The van der Waals surface area contributed by atoms with E-state index >= 15 is 0 Å². The van der Waals surface area contributed by atoms with Crippen molar-refractivity contribution in [2.45, 2.75) is 30.2 Å². The summed E-state index contributed by atoms with van der Waals surface area (Å²) in [6.07, 6.45) is 3.15. The summed E-state index contributed by atoms with van der Waals surface area (Å²) in [5.74, 6) is 0. The van der Waals surface area contributed by atoms with Crippen LogP contribution in [0, 0.1) is 0 Å². The zero-order valence-corrected chi connectivity index (χ0v) is 12.4. The maximum atomic E-state index is 11.7. The van der Waals surface area contributed by atoms with Crippen molar-refractivity contribution in [3.05, 3.63) is 59.7 Å². The van der Waals surface area contributed by atoms with Gasteiger partial charge in [-0.1, -0.05) is 36.4 Å². The van der Waals surface area contributed by atoms with E-state index in [1.165, 1.54) is 17.2 Å². The van der Waals surface area contributed by atoms with E-state index in [9.17, 15) is 8.42 Å². The van der Waals surface area contributed by atoms with E-state index in [4.69, 9.17) is 5.14 Å². The summed E-state index contributed by atoms with van der Waals surface area (Å²) in [5.41, 5.74) is 3.14. The number of rotatable bonds is 3. The van der Waals surface area contributed by atoms with Crippen molar-refractivity contribution >= 4 is 15.7 Å². The second kappa shape index (κ2) is 5.50. The topological polar surface area (TPSA) is 72.2 Å². The number of hydrogen-bond donors (Lipinski definition) is 2. The molecule has 1 atom stereocenters. The minimum atomic E-state index is -3.72. The number of primary sulfonamides is 1. The SMILES string of the molecule is NS(=O)(=O)c1ccccc1NC1CCCc2ccccc21. The molecule has 21 heavy (non-hydrogen) atoms. The highest BCUT2D eigenvalue weighted by atomic mass is 32.2. The normalized spacial score (nSPS) is 18.0. The molecule has 0 fully saturated rings. The number of sulfonamides is 1. The number of para-hydroxylation sites is 1. The molecular weight excluding hydrogens is 284 g/mol. The van der Waals surface area contributed by atoms with Crippen molar-refractivity contribution in [1.29, 1.82) is 0 Å². The van der Waals surface area contributed by atoms with Crippen molar-refractivity contribution in [2.75, 3.05) is 5.32 Å². The van der Waals surface area contributed by atoms with Gasteiger partial charge in [0.15, 0.2) is 0 Å². The van der Waals surface area contributed by atoms with E-state index in [-0.39, 0.29) is 10.9 Å². The van der Waals surface area contributed by atoms with Crippen molar-refractivity contribution in [2.24, 2.45) is 5.14 Å². The monoisotopic (exact) mass is 302 g/mol. The van der Waals surface area contributed by atoms with Gasteiger partial charge in [0, 0.05) is 0 Å². The lowest BCUT2D eigenvalue weighted by Gasteiger charge is -2.27. The molecule has 2 aromatic rings. The van der Waals surface area contributed by atoms with Gasteiger partial charge in [0.1, 0.15) is 4.90 Å². The molecule has 1 unspecified atom stereocenters. The zero-order valence-electron chi connectivity index (χ0n) is 11.6. The number of fused-ring (bicyclic) bond motifs is 1. The Labute approximate surface area is 125 Å². The van der Waals surface area contributed by atoms with Gasteiger partial charge in [-0.15, -0.1) is 0 Å². The Kier molecular flexibility index (Phi) is 3.69. The van der Waals surface area contributed by atoms with Crippen molar-refractivity contribution < 1.29 is 8.42 Å². The highest BCUT2D eigenvalue weighted by Gasteiger charge is 2.22. The lowest BCUT2D eigenvalue weighted by molar-refractivity contribution is 0.592. The molecule has 0 bridgehead atoms. The molecule has 110 valence electrons. The van der Waals surface area contributed by atoms with Gasteiger partial charge < -0.3 is 5.32 Å². The number of anilines is 1. The molecule has 2 aromatic carbocycles. The molecule has 1 aliphatic rings. The summed E-state index contributed by atoms with van der Waals surface area (Å²) in [5, 5.41) is 8.64. The van der Waals surface area contributed by atoms with Crippen LogP contribution in [0.15, 0.2) is 53.4 Å². The second-order valence-electron chi connectivity index (χ2n) is 5.33. The average Bonchev–Trinajstić information content (AvgIpc) is 2.47. The number of nitrogens with two attached hydrogens (primary N) is 1. The lowest BCUT2D eigenvalue weighted by atomic mass is 9.87. The largest absolute Gasteiger partial charge is 0.377 e. The summed E-state index contributed by atoms with van der Waals surface area (Å²) in [6, 6.07) is 15.2. The van der Waals surface area contributed by atoms with Crippen LogP contribution in [-0.2, 0) is 16.4 Å². The number of nitrogens with one attached hydrogen (secondary N) is 1. The first-order valence-corrected chi connectivity index (χ1v) is 8.56. The number of aryl methyl sites for hydroxylation is 1. The van der Waals surface area contributed by atoms with Gasteiger partial charge in [-0.3, -0.25) is 0 Å². The van der Waals surface area contributed by atoms with Gasteiger partial charge in [-0.2, -0.15) is 0 Å². The van der Waals surface area contributed by atoms with Gasteiger partial charge in [-0.05, 0) is 42.5 Å². The second-order valence-corrected chi connectivity index (χ2v) is 6.86. The Morgan fingerprint density at radius 3 is 2.57 bits per heavy atom. The molecule has 0 saturated carbocycles. The average molecular weight is 302 g/mol. The molecule has 1 aliphatic carbocycles. The van der Waals surface area contributed by atoms with Crippen LogP contribution in [0.5, 0.6) is 0 Å². The third-order valence-electron chi connectivity index (χ3n) is 3.89. The maximum absolute atomic E-state index is 11.7. The van der Waals surface area contributed by atoms with Crippen molar-refractivity contribution in [3.63, 3.8) is 0 Å². The molecule has 3 N–H and O–H groups in total. The van der Waals surface area contributed by atoms with Crippen molar-refractivity contribution in [3.8, 4) is 0 Å². The Morgan fingerprint density at radius 2 is 1.76 bits per heavy atom. The predicted octanol–water partition coefficient (Wildman–Crippen LogP) is 2.82. The zero-order chi connectivity index (χ0) is 14.9. The first kappa shape index (κ1) is 14.1. The first-order chi connectivity index (χ1) is 10.1. The highest BCUT2D eigenvalue weighted by molar-refractivity contribution is 7.89. The van der Waals surface area contributed by atoms with Crippen LogP contribution in [0.2, 0.25) is 0 Å². The smallest absolute Gasteiger partial charge is 0.240 e. The number of benzene rings is 2. The fraction of sp³-hybridized carbons (Fsp3) is 0.250. The summed E-state index contributed by atoms with van der Waals surface area (Å²) in [6.45, 7) is 0. The molecule has 0 aromatic heterocycles. The molecule has 0 spiro atoms. The lowest BCUT2D eigenvalue weighted by Crippen LogP contribution is -2.20. The predicted molar refractivity (Wildman–Crippen MR) is 83.6 cm³/mol. The maximum Gasteiger partial charge on any atom is 0.240 e. The molecule has 0 heterocycles. The van der Waals surface area contributed by atoms with E-state index in [1.54, 1.807) is 12.1 Å². The van der Waals surface area contributed by atoms with Crippen LogP contribution >= 0.6 is 0 Å². The van der Waals surface area contributed by atoms with E-state index in [1.807, 2.05) is 18.2 Å². The fourth-order valence-corrected chi connectivity index (χ4v) is 3.63. The van der Waals surface area contributed by atoms with Crippen molar-refractivity contribution in [1.82, 2.24) is 0 Å². The molecular formula is C16H18N2O2S. The van der Waals surface area contributed by atoms with Crippen LogP contribution < -0.4 is 10.5 Å². The van der Waals surface area contributed by atoms with E-state index in [2.05, 4.69) is 17.4 Å². The molecule has 3 rings (SSSR count). The Morgan fingerprint density at radius 1 is 1.05 bits per heavy atom. The molecule has 0 amide bonds. The summed E-state index contributed by atoms with van der Waals surface area (Å²) in [4.78, 5) is 0.146. The quantitative estimate of drug-likeness (QED) is 0.915. The summed E-state index contributed by atoms with van der Waals surface area (Å²) < 4.78 is 23.4. The summed E-state index contributed by atoms with van der Waals surface area (Å²) in [7, 11) is -3.72. The third kappa shape index (κ3) is 2.94. The van der Waals surface area contributed by atoms with E-state index in [0.29, 0.717) is 5.69 Å². The molecule has 0 aliphatic heterocycles.